The first kappa shape index (κ1) is 12.6. The zero-order valence-corrected chi connectivity index (χ0v) is 10.4. The van der Waals surface area contributed by atoms with E-state index in [9.17, 15) is 4.39 Å². The number of benzene rings is 1. The molecule has 0 unspecified atom stereocenters. The number of halogens is 1. The molecule has 2 aromatic rings. The molecule has 0 amide bonds. The van der Waals surface area contributed by atoms with Gasteiger partial charge in [-0.05, 0) is 26.0 Å². The zero-order chi connectivity index (χ0) is 13.1. The van der Waals surface area contributed by atoms with E-state index in [4.69, 9.17) is 10.5 Å². The van der Waals surface area contributed by atoms with Gasteiger partial charge in [0.05, 0.1) is 24.2 Å². The highest BCUT2D eigenvalue weighted by atomic mass is 19.1. The number of rotatable bonds is 4. The summed E-state index contributed by atoms with van der Waals surface area (Å²) in [5, 5.41) is 4.16. The van der Waals surface area contributed by atoms with Crippen LogP contribution in [0.15, 0.2) is 30.6 Å². The Bertz CT molecular complexity index is 537. The summed E-state index contributed by atoms with van der Waals surface area (Å²) in [6.07, 6.45) is 3.39. The Morgan fingerprint density at radius 2 is 2.22 bits per heavy atom. The van der Waals surface area contributed by atoms with Crippen LogP contribution in [0.5, 0.6) is 5.75 Å². The lowest BCUT2D eigenvalue weighted by Crippen LogP contribution is -2.07. The second-order valence-corrected chi connectivity index (χ2v) is 4.23. The van der Waals surface area contributed by atoms with Gasteiger partial charge in [0.25, 0.3) is 0 Å². The van der Waals surface area contributed by atoms with E-state index >= 15 is 0 Å². The summed E-state index contributed by atoms with van der Waals surface area (Å²) >= 11 is 0. The van der Waals surface area contributed by atoms with Crippen molar-refractivity contribution < 1.29 is 9.13 Å². The molecule has 0 saturated carbocycles. The summed E-state index contributed by atoms with van der Waals surface area (Å²) in [6, 6.07) is 4.80. The maximum Gasteiger partial charge on any atom is 0.158 e. The van der Waals surface area contributed by atoms with Crippen LogP contribution in [-0.4, -0.2) is 15.9 Å². The minimum absolute atomic E-state index is 0.0733. The molecule has 0 aliphatic rings. The maximum atomic E-state index is 13.6. The molecule has 1 aromatic carbocycles. The van der Waals surface area contributed by atoms with Gasteiger partial charge in [0.15, 0.2) is 5.75 Å². The van der Waals surface area contributed by atoms with Crippen LogP contribution in [0.4, 0.5) is 4.39 Å². The number of hydrogen-bond donors (Lipinski definition) is 1. The molecule has 2 rings (SSSR count). The Labute approximate surface area is 105 Å². The summed E-state index contributed by atoms with van der Waals surface area (Å²) < 4.78 is 20.7. The van der Waals surface area contributed by atoms with E-state index in [1.165, 1.54) is 6.07 Å². The Morgan fingerprint density at radius 3 is 2.89 bits per heavy atom. The van der Waals surface area contributed by atoms with Crippen molar-refractivity contribution in [3.8, 4) is 11.4 Å². The van der Waals surface area contributed by atoms with Gasteiger partial charge in [-0.15, -0.1) is 0 Å². The predicted molar refractivity (Wildman–Crippen MR) is 67.2 cm³/mol. The fourth-order valence-corrected chi connectivity index (χ4v) is 1.74. The van der Waals surface area contributed by atoms with Crippen molar-refractivity contribution >= 4 is 0 Å². The van der Waals surface area contributed by atoms with Gasteiger partial charge < -0.3 is 10.5 Å². The summed E-state index contributed by atoms with van der Waals surface area (Å²) in [6.45, 7) is 4.00. The third-order valence-corrected chi connectivity index (χ3v) is 2.48. The van der Waals surface area contributed by atoms with E-state index in [-0.39, 0.29) is 18.5 Å². The molecule has 0 fully saturated rings. The molecule has 0 atom stereocenters. The molecule has 0 aliphatic heterocycles. The van der Waals surface area contributed by atoms with Crippen LogP contribution in [0.25, 0.3) is 5.69 Å². The number of hydrogen-bond acceptors (Lipinski definition) is 3. The van der Waals surface area contributed by atoms with Crippen LogP contribution in [0.2, 0.25) is 0 Å². The van der Waals surface area contributed by atoms with Crippen LogP contribution in [0.1, 0.15) is 19.4 Å². The van der Waals surface area contributed by atoms with Gasteiger partial charge in [-0.2, -0.15) is 5.10 Å². The summed E-state index contributed by atoms with van der Waals surface area (Å²) in [4.78, 5) is 0. The van der Waals surface area contributed by atoms with Crippen LogP contribution in [-0.2, 0) is 6.54 Å². The van der Waals surface area contributed by atoms with Crippen molar-refractivity contribution in [1.82, 2.24) is 9.78 Å². The third-order valence-electron chi connectivity index (χ3n) is 2.48. The zero-order valence-electron chi connectivity index (χ0n) is 10.4. The minimum Gasteiger partial charge on any atom is -0.488 e. The van der Waals surface area contributed by atoms with Gasteiger partial charge in [-0.1, -0.05) is 6.07 Å². The van der Waals surface area contributed by atoms with Crippen molar-refractivity contribution in [1.29, 1.82) is 0 Å². The Balaban J connectivity index is 2.37. The minimum atomic E-state index is -0.322. The van der Waals surface area contributed by atoms with Crippen LogP contribution in [0.3, 0.4) is 0 Å². The first-order chi connectivity index (χ1) is 8.61. The molecule has 1 aromatic heterocycles. The molecule has 0 aliphatic carbocycles. The van der Waals surface area contributed by atoms with E-state index in [1.54, 1.807) is 29.2 Å². The molecule has 96 valence electrons. The van der Waals surface area contributed by atoms with E-state index in [0.29, 0.717) is 17.0 Å². The van der Waals surface area contributed by atoms with Crippen molar-refractivity contribution in [3.05, 3.63) is 42.0 Å². The van der Waals surface area contributed by atoms with Gasteiger partial charge in [-0.25, -0.2) is 9.07 Å². The first-order valence-corrected chi connectivity index (χ1v) is 5.81. The van der Waals surface area contributed by atoms with Crippen LogP contribution in [0, 0.1) is 5.82 Å². The molecule has 5 heteroatoms. The number of ether oxygens (including phenoxy) is 1. The average Bonchev–Trinajstić information content (AvgIpc) is 2.76. The highest BCUT2D eigenvalue weighted by Crippen LogP contribution is 2.20. The van der Waals surface area contributed by atoms with Gasteiger partial charge >= 0.3 is 0 Å². The molecular formula is C13H16FN3O. The SMILES string of the molecule is CC(C)Oc1cnn(-c2cccc(F)c2CN)c1. The van der Waals surface area contributed by atoms with Gasteiger partial charge in [0.1, 0.15) is 5.82 Å². The van der Waals surface area contributed by atoms with E-state index in [0.717, 1.165) is 0 Å². The summed E-state index contributed by atoms with van der Waals surface area (Å²) in [5.41, 5.74) is 6.64. The Morgan fingerprint density at radius 1 is 1.44 bits per heavy atom. The van der Waals surface area contributed by atoms with Crippen LogP contribution >= 0.6 is 0 Å². The molecular weight excluding hydrogens is 233 g/mol. The molecule has 0 radical (unpaired) electrons. The van der Waals surface area contributed by atoms with Crippen molar-refractivity contribution in [3.63, 3.8) is 0 Å². The van der Waals surface area contributed by atoms with Crippen LogP contribution < -0.4 is 10.5 Å². The Kier molecular flexibility index (Phi) is 3.62. The number of nitrogens with two attached hydrogens (primary N) is 1. The largest absolute Gasteiger partial charge is 0.488 e. The standard InChI is InChI=1S/C13H16FN3O/c1-9(2)18-10-7-16-17(8-10)13-5-3-4-12(14)11(13)6-15/h3-5,7-9H,6,15H2,1-2H3. The molecule has 4 nitrogen and oxygen atoms in total. The molecule has 18 heavy (non-hydrogen) atoms. The topological polar surface area (TPSA) is 53.1 Å². The fourth-order valence-electron chi connectivity index (χ4n) is 1.74. The van der Waals surface area contributed by atoms with E-state index in [1.807, 2.05) is 13.8 Å². The van der Waals surface area contributed by atoms with Gasteiger partial charge in [-0.3, -0.25) is 0 Å². The molecule has 2 N–H and O–H groups in total. The smallest absolute Gasteiger partial charge is 0.158 e. The average molecular weight is 249 g/mol. The predicted octanol–water partition coefficient (Wildman–Crippen LogP) is 2.26. The second kappa shape index (κ2) is 5.18. The molecule has 0 spiro atoms. The van der Waals surface area contributed by atoms with Crippen molar-refractivity contribution in [2.24, 2.45) is 5.73 Å². The summed E-state index contributed by atoms with van der Waals surface area (Å²) in [7, 11) is 0. The highest BCUT2D eigenvalue weighted by molar-refractivity contribution is 5.42. The number of aromatic nitrogens is 2. The Hall–Kier alpha value is -1.88. The quantitative estimate of drug-likeness (QED) is 0.904. The lowest BCUT2D eigenvalue weighted by molar-refractivity contribution is 0.242. The van der Waals surface area contributed by atoms with Crippen molar-refractivity contribution in [2.45, 2.75) is 26.5 Å². The maximum absolute atomic E-state index is 13.6. The number of nitrogens with zero attached hydrogens (tertiary/aromatic N) is 2. The normalized spacial score (nSPS) is 10.9. The lowest BCUT2D eigenvalue weighted by atomic mass is 10.1. The monoisotopic (exact) mass is 249 g/mol. The van der Waals surface area contributed by atoms with Gasteiger partial charge in [0, 0.05) is 12.1 Å². The second-order valence-electron chi connectivity index (χ2n) is 4.23. The molecule has 0 saturated heterocycles. The van der Waals surface area contributed by atoms with E-state index in [2.05, 4.69) is 5.10 Å². The first-order valence-electron chi connectivity index (χ1n) is 5.81. The lowest BCUT2D eigenvalue weighted by Gasteiger charge is -2.09. The van der Waals surface area contributed by atoms with Gasteiger partial charge in [0.2, 0.25) is 0 Å². The van der Waals surface area contributed by atoms with E-state index < -0.39 is 0 Å². The third kappa shape index (κ3) is 2.51. The van der Waals surface area contributed by atoms with Crippen molar-refractivity contribution in [2.75, 3.05) is 0 Å². The summed E-state index contributed by atoms with van der Waals surface area (Å²) in [5.74, 6) is 0.328. The molecule has 1 heterocycles. The molecule has 0 bridgehead atoms. The fraction of sp³-hybridized carbons (Fsp3) is 0.308. The highest BCUT2D eigenvalue weighted by Gasteiger charge is 2.10.